The van der Waals surface area contributed by atoms with E-state index in [1.807, 2.05) is 31.3 Å². The molecule has 0 aromatic heterocycles. The number of amides is 2. The average molecular weight is 418 g/mol. The zero-order chi connectivity index (χ0) is 21.3. The van der Waals surface area contributed by atoms with E-state index < -0.39 is 0 Å². The largest absolute Gasteiger partial charge is 0.497 e. The Balaban J connectivity index is 1.53. The molecule has 7 heteroatoms. The van der Waals surface area contributed by atoms with E-state index in [0.717, 1.165) is 44.4 Å². The summed E-state index contributed by atoms with van der Waals surface area (Å²) in [7, 11) is 3.50. The SMILES string of the molecule is COc1ccc(CN[C@@H]2CCC[C@@H](C(=O)NC3CCOCC3)CC(=O)N(C)C2)cc1. The highest BCUT2D eigenvalue weighted by atomic mass is 16.5. The van der Waals surface area contributed by atoms with Crippen molar-refractivity contribution in [3.05, 3.63) is 29.8 Å². The van der Waals surface area contributed by atoms with E-state index in [1.54, 1.807) is 12.0 Å². The van der Waals surface area contributed by atoms with Crippen molar-refractivity contribution in [3.8, 4) is 5.75 Å². The van der Waals surface area contributed by atoms with Gasteiger partial charge >= 0.3 is 0 Å². The van der Waals surface area contributed by atoms with E-state index in [9.17, 15) is 9.59 Å². The maximum absolute atomic E-state index is 12.8. The zero-order valence-corrected chi connectivity index (χ0v) is 18.2. The van der Waals surface area contributed by atoms with Crippen molar-refractivity contribution in [2.45, 2.75) is 57.2 Å². The minimum absolute atomic E-state index is 0.0216. The minimum Gasteiger partial charge on any atom is -0.497 e. The van der Waals surface area contributed by atoms with Crippen molar-refractivity contribution >= 4 is 11.8 Å². The van der Waals surface area contributed by atoms with Crippen LogP contribution in [0.2, 0.25) is 0 Å². The number of nitrogens with zero attached hydrogens (tertiary/aromatic N) is 1. The lowest BCUT2D eigenvalue weighted by Crippen LogP contribution is -2.44. The minimum atomic E-state index is -0.247. The first kappa shape index (κ1) is 22.6. The van der Waals surface area contributed by atoms with Gasteiger partial charge in [-0.15, -0.1) is 0 Å². The summed E-state index contributed by atoms with van der Waals surface area (Å²) in [5.41, 5.74) is 1.18. The van der Waals surface area contributed by atoms with Gasteiger partial charge in [0.25, 0.3) is 0 Å². The van der Waals surface area contributed by atoms with Crippen molar-refractivity contribution < 1.29 is 19.1 Å². The number of benzene rings is 1. The molecular weight excluding hydrogens is 382 g/mol. The number of carbonyl (C=O) groups excluding carboxylic acids is 2. The zero-order valence-electron chi connectivity index (χ0n) is 18.2. The summed E-state index contributed by atoms with van der Waals surface area (Å²) in [6, 6.07) is 8.39. The molecule has 1 aromatic carbocycles. The van der Waals surface area contributed by atoms with E-state index in [4.69, 9.17) is 9.47 Å². The maximum atomic E-state index is 12.8. The van der Waals surface area contributed by atoms with E-state index in [1.165, 1.54) is 5.56 Å². The summed E-state index contributed by atoms with van der Waals surface area (Å²) < 4.78 is 10.6. The topological polar surface area (TPSA) is 79.9 Å². The van der Waals surface area contributed by atoms with Gasteiger partial charge in [-0.3, -0.25) is 9.59 Å². The van der Waals surface area contributed by atoms with Gasteiger partial charge in [0.15, 0.2) is 0 Å². The molecule has 0 radical (unpaired) electrons. The molecule has 166 valence electrons. The highest BCUT2D eigenvalue weighted by Crippen LogP contribution is 2.20. The van der Waals surface area contributed by atoms with E-state index in [-0.39, 0.29) is 36.2 Å². The van der Waals surface area contributed by atoms with Crippen LogP contribution in [0.3, 0.4) is 0 Å². The summed E-state index contributed by atoms with van der Waals surface area (Å²) in [4.78, 5) is 27.3. The van der Waals surface area contributed by atoms with Gasteiger partial charge in [-0.25, -0.2) is 0 Å². The molecule has 0 unspecified atom stereocenters. The first-order valence-electron chi connectivity index (χ1n) is 11.0. The second kappa shape index (κ2) is 11.3. The number of methoxy groups -OCH3 is 1. The van der Waals surface area contributed by atoms with Crippen molar-refractivity contribution in [2.75, 3.05) is 33.9 Å². The highest BCUT2D eigenvalue weighted by molar-refractivity contribution is 5.86. The standard InChI is InChI=1S/C23H35N3O4/c1-26-16-20(24-15-17-6-8-21(29-2)9-7-17)5-3-4-18(14-22(26)27)23(28)25-19-10-12-30-13-11-19/h6-9,18-20,24H,3-5,10-16H2,1-2H3,(H,25,28)/t18-,20-/m1/s1. The van der Waals surface area contributed by atoms with Crippen LogP contribution < -0.4 is 15.4 Å². The summed E-state index contributed by atoms with van der Waals surface area (Å²) in [5.74, 6) is 0.660. The molecular formula is C23H35N3O4. The van der Waals surface area contributed by atoms with Crippen molar-refractivity contribution in [1.29, 1.82) is 0 Å². The van der Waals surface area contributed by atoms with Gasteiger partial charge in [0, 0.05) is 57.8 Å². The van der Waals surface area contributed by atoms with Gasteiger partial charge in [0.1, 0.15) is 5.75 Å². The number of hydrogen-bond acceptors (Lipinski definition) is 5. The summed E-state index contributed by atoms with van der Waals surface area (Å²) in [6.07, 6.45) is 4.60. The van der Waals surface area contributed by atoms with Crippen LogP contribution in [0, 0.1) is 5.92 Å². The van der Waals surface area contributed by atoms with Crippen LogP contribution in [0.1, 0.15) is 44.1 Å². The van der Waals surface area contributed by atoms with Gasteiger partial charge in [-0.1, -0.05) is 18.6 Å². The van der Waals surface area contributed by atoms with Crippen LogP contribution in [-0.4, -0.2) is 62.7 Å². The van der Waals surface area contributed by atoms with Gasteiger partial charge in [0.2, 0.25) is 11.8 Å². The molecule has 0 saturated carbocycles. The molecule has 2 heterocycles. The molecule has 0 bridgehead atoms. The van der Waals surface area contributed by atoms with Crippen LogP contribution in [0.4, 0.5) is 0 Å². The Morgan fingerprint density at radius 3 is 2.57 bits per heavy atom. The van der Waals surface area contributed by atoms with Gasteiger partial charge in [-0.2, -0.15) is 0 Å². The Morgan fingerprint density at radius 2 is 1.87 bits per heavy atom. The van der Waals surface area contributed by atoms with Crippen LogP contribution in [0.5, 0.6) is 5.75 Å². The van der Waals surface area contributed by atoms with Gasteiger partial charge in [0.05, 0.1) is 7.11 Å². The number of likely N-dealkylation sites (N-methyl/N-ethyl adjacent to an activating group) is 1. The third-order valence-electron chi connectivity index (χ3n) is 6.14. The lowest BCUT2D eigenvalue weighted by molar-refractivity contribution is -0.136. The first-order valence-corrected chi connectivity index (χ1v) is 11.0. The van der Waals surface area contributed by atoms with Crippen LogP contribution in [0.25, 0.3) is 0 Å². The number of ether oxygens (including phenoxy) is 2. The fourth-order valence-corrected chi connectivity index (χ4v) is 4.16. The lowest BCUT2D eigenvalue weighted by Gasteiger charge is -2.26. The molecule has 30 heavy (non-hydrogen) atoms. The van der Waals surface area contributed by atoms with E-state index in [2.05, 4.69) is 10.6 Å². The lowest BCUT2D eigenvalue weighted by atomic mass is 9.95. The average Bonchev–Trinajstić information content (AvgIpc) is 2.83. The highest BCUT2D eigenvalue weighted by Gasteiger charge is 2.28. The normalized spacial score (nSPS) is 23.9. The van der Waals surface area contributed by atoms with E-state index >= 15 is 0 Å². The molecule has 3 rings (SSSR count). The number of carbonyl (C=O) groups is 2. The molecule has 2 atom stereocenters. The van der Waals surface area contributed by atoms with Crippen LogP contribution >= 0.6 is 0 Å². The smallest absolute Gasteiger partial charge is 0.223 e. The van der Waals surface area contributed by atoms with Crippen LogP contribution in [-0.2, 0) is 20.9 Å². The predicted molar refractivity (Wildman–Crippen MR) is 115 cm³/mol. The van der Waals surface area contributed by atoms with Crippen molar-refractivity contribution in [2.24, 2.45) is 5.92 Å². The maximum Gasteiger partial charge on any atom is 0.223 e. The molecule has 1 aromatic rings. The monoisotopic (exact) mass is 417 g/mol. The Hall–Kier alpha value is -2.12. The quantitative estimate of drug-likeness (QED) is 0.741. The van der Waals surface area contributed by atoms with Crippen molar-refractivity contribution in [3.63, 3.8) is 0 Å². The molecule has 2 amide bonds. The predicted octanol–water partition coefficient (Wildman–Crippen LogP) is 2.10. The number of hydrogen-bond donors (Lipinski definition) is 2. The third kappa shape index (κ3) is 6.71. The summed E-state index contributed by atoms with van der Waals surface area (Å²) in [5, 5.41) is 6.73. The fraction of sp³-hybridized carbons (Fsp3) is 0.652. The van der Waals surface area contributed by atoms with E-state index in [0.29, 0.717) is 19.8 Å². The molecule has 2 aliphatic heterocycles. The Morgan fingerprint density at radius 1 is 1.13 bits per heavy atom. The number of nitrogens with one attached hydrogen (secondary N) is 2. The van der Waals surface area contributed by atoms with Crippen molar-refractivity contribution in [1.82, 2.24) is 15.5 Å². The molecule has 0 spiro atoms. The molecule has 2 N–H and O–H groups in total. The Kier molecular flexibility index (Phi) is 8.51. The molecule has 7 nitrogen and oxygen atoms in total. The first-order chi connectivity index (χ1) is 14.5. The second-order valence-electron chi connectivity index (χ2n) is 8.43. The van der Waals surface area contributed by atoms with Crippen LogP contribution in [0.15, 0.2) is 24.3 Å². The Labute approximate surface area is 179 Å². The second-order valence-corrected chi connectivity index (χ2v) is 8.43. The fourth-order valence-electron chi connectivity index (χ4n) is 4.16. The molecule has 2 fully saturated rings. The Bertz CT molecular complexity index is 688. The summed E-state index contributed by atoms with van der Waals surface area (Å²) in [6.45, 7) is 2.78. The molecule has 2 aliphatic rings. The van der Waals surface area contributed by atoms with Gasteiger partial charge in [-0.05, 0) is 43.4 Å². The molecule has 0 aliphatic carbocycles. The summed E-state index contributed by atoms with van der Waals surface area (Å²) >= 11 is 0. The third-order valence-corrected chi connectivity index (χ3v) is 6.14. The van der Waals surface area contributed by atoms with Gasteiger partial charge < -0.3 is 25.0 Å². The molecule has 2 saturated heterocycles. The number of rotatable bonds is 6.